The van der Waals surface area contributed by atoms with Crippen LogP contribution < -0.4 is 5.32 Å². The molecule has 154 valence electrons. The van der Waals surface area contributed by atoms with Gasteiger partial charge in [0.25, 0.3) is 5.91 Å². The molecule has 2 heterocycles. The highest BCUT2D eigenvalue weighted by Crippen LogP contribution is 2.26. The lowest BCUT2D eigenvalue weighted by molar-refractivity contribution is -0.128. The number of hydrogen-bond acceptors (Lipinski definition) is 6. The van der Waals surface area contributed by atoms with Crippen molar-refractivity contribution in [3.8, 4) is 0 Å². The Kier molecular flexibility index (Phi) is 6.13. The van der Waals surface area contributed by atoms with Crippen LogP contribution >= 0.6 is 11.8 Å². The first-order chi connectivity index (χ1) is 14.6. The molecule has 7 nitrogen and oxygen atoms in total. The molecule has 0 aliphatic carbocycles. The number of benzene rings is 2. The number of rotatable bonds is 7. The highest BCUT2D eigenvalue weighted by atomic mass is 32.2. The summed E-state index contributed by atoms with van der Waals surface area (Å²) in [7, 11) is 0. The van der Waals surface area contributed by atoms with E-state index < -0.39 is 0 Å². The molecule has 8 heteroatoms. The van der Waals surface area contributed by atoms with Gasteiger partial charge in [0.1, 0.15) is 0 Å². The number of hydrogen-bond donors (Lipinski definition) is 1. The summed E-state index contributed by atoms with van der Waals surface area (Å²) >= 11 is 1.49. The Morgan fingerprint density at radius 2 is 2.10 bits per heavy atom. The molecule has 1 aliphatic rings. The van der Waals surface area contributed by atoms with E-state index in [0.717, 1.165) is 23.4 Å². The minimum Gasteiger partial charge on any atom is -0.340 e. The summed E-state index contributed by atoms with van der Waals surface area (Å²) in [6, 6.07) is 15.1. The third-order valence-electron chi connectivity index (χ3n) is 4.79. The highest BCUT2D eigenvalue weighted by molar-refractivity contribution is 7.98. The minimum atomic E-state index is -0.184. The van der Waals surface area contributed by atoms with E-state index >= 15 is 0 Å². The lowest BCUT2D eigenvalue weighted by Crippen LogP contribution is -2.23. The van der Waals surface area contributed by atoms with Crippen molar-refractivity contribution < 1.29 is 14.1 Å². The first-order valence-electron chi connectivity index (χ1n) is 9.77. The largest absolute Gasteiger partial charge is 0.340 e. The molecule has 2 aromatic carbocycles. The first kappa shape index (κ1) is 20.2. The Morgan fingerprint density at radius 1 is 1.23 bits per heavy atom. The van der Waals surface area contributed by atoms with Crippen molar-refractivity contribution in [2.24, 2.45) is 0 Å². The number of nitrogens with zero attached hydrogens (tertiary/aromatic N) is 3. The van der Waals surface area contributed by atoms with Crippen LogP contribution in [0.1, 0.15) is 40.5 Å². The molecule has 3 aromatic rings. The molecule has 1 fully saturated rings. The van der Waals surface area contributed by atoms with E-state index in [0.29, 0.717) is 41.7 Å². The van der Waals surface area contributed by atoms with Gasteiger partial charge in [-0.2, -0.15) is 4.98 Å². The van der Waals surface area contributed by atoms with E-state index in [-0.39, 0.29) is 11.8 Å². The molecule has 0 spiro atoms. The van der Waals surface area contributed by atoms with Crippen LogP contribution in [0.3, 0.4) is 0 Å². The Hall–Kier alpha value is -3.13. The predicted octanol–water partition coefficient (Wildman–Crippen LogP) is 4.05. The summed E-state index contributed by atoms with van der Waals surface area (Å²) in [6.07, 6.45) is 1.53. The molecule has 1 aliphatic heterocycles. The zero-order chi connectivity index (χ0) is 20.9. The van der Waals surface area contributed by atoms with E-state index in [9.17, 15) is 9.59 Å². The lowest BCUT2D eigenvalue weighted by Gasteiger charge is -2.16. The summed E-state index contributed by atoms with van der Waals surface area (Å²) < 4.78 is 5.00. The fraction of sp³-hybridized carbons (Fsp3) is 0.273. The van der Waals surface area contributed by atoms with Crippen molar-refractivity contribution in [2.75, 3.05) is 11.9 Å². The molecule has 0 bridgehead atoms. The maximum atomic E-state index is 12.9. The van der Waals surface area contributed by atoms with Crippen LogP contribution in [-0.4, -0.2) is 33.4 Å². The Balaban J connectivity index is 1.43. The van der Waals surface area contributed by atoms with Gasteiger partial charge in [-0.25, -0.2) is 0 Å². The topological polar surface area (TPSA) is 88.3 Å². The molecule has 1 N–H and O–H groups in total. The number of carbonyl (C=O) groups is 2. The maximum absolute atomic E-state index is 12.9. The lowest BCUT2D eigenvalue weighted by atomic mass is 10.1. The fourth-order valence-corrected chi connectivity index (χ4v) is 4.25. The van der Waals surface area contributed by atoms with Gasteiger partial charge >= 0.3 is 0 Å². The minimum absolute atomic E-state index is 0.184. The predicted molar refractivity (Wildman–Crippen MR) is 114 cm³/mol. The SMILES string of the molecule is Cc1nc(CSc2ccccc2C(=O)Nc2cccc(CN3CCCC3=O)c2)no1. The van der Waals surface area contributed by atoms with Gasteiger partial charge < -0.3 is 14.7 Å². The van der Waals surface area contributed by atoms with Gasteiger partial charge in [0.05, 0.1) is 11.3 Å². The van der Waals surface area contributed by atoms with E-state index in [1.807, 2.05) is 47.4 Å². The summed E-state index contributed by atoms with van der Waals surface area (Å²) in [4.78, 5) is 31.7. The van der Waals surface area contributed by atoms with Crippen molar-refractivity contribution in [1.29, 1.82) is 0 Å². The molecule has 0 saturated carbocycles. The van der Waals surface area contributed by atoms with Gasteiger partial charge in [0, 0.05) is 37.0 Å². The zero-order valence-corrected chi connectivity index (χ0v) is 17.4. The molecular weight excluding hydrogens is 400 g/mol. The fourth-order valence-electron chi connectivity index (χ4n) is 3.36. The average molecular weight is 423 g/mol. The summed E-state index contributed by atoms with van der Waals surface area (Å²) in [5, 5.41) is 6.87. The number of likely N-dealkylation sites (tertiary alicyclic amines) is 1. The summed E-state index contributed by atoms with van der Waals surface area (Å²) in [5.74, 6) is 1.63. The van der Waals surface area contributed by atoms with Crippen LogP contribution in [0.25, 0.3) is 0 Å². The van der Waals surface area contributed by atoms with Crippen molar-refractivity contribution in [1.82, 2.24) is 15.0 Å². The first-order valence-corrected chi connectivity index (χ1v) is 10.8. The Labute approximate surface area is 178 Å². The van der Waals surface area contributed by atoms with Crippen molar-refractivity contribution in [2.45, 2.75) is 37.0 Å². The third-order valence-corrected chi connectivity index (χ3v) is 5.86. The number of nitrogens with one attached hydrogen (secondary N) is 1. The monoisotopic (exact) mass is 422 g/mol. The number of amides is 2. The Morgan fingerprint density at radius 3 is 2.87 bits per heavy atom. The normalized spacial score (nSPS) is 13.6. The van der Waals surface area contributed by atoms with Gasteiger partial charge in [-0.15, -0.1) is 11.8 Å². The molecule has 30 heavy (non-hydrogen) atoms. The molecule has 1 saturated heterocycles. The average Bonchev–Trinajstić information content (AvgIpc) is 3.35. The van der Waals surface area contributed by atoms with E-state index in [1.54, 1.807) is 13.0 Å². The van der Waals surface area contributed by atoms with Crippen LogP contribution in [0, 0.1) is 6.92 Å². The van der Waals surface area contributed by atoms with E-state index in [1.165, 1.54) is 11.8 Å². The van der Waals surface area contributed by atoms with Gasteiger partial charge in [-0.1, -0.05) is 29.4 Å². The molecule has 0 unspecified atom stereocenters. The quantitative estimate of drug-likeness (QED) is 0.578. The smallest absolute Gasteiger partial charge is 0.256 e. The van der Waals surface area contributed by atoms with Crippen molar-refractivity contribution in [3.63, 3.8) is 0 Å². The van der Waals surface area contributed by atoms with Crippen molar-refractivity contribution in [3.05, 3.63) is 71.4 Å². The van der Waals surface area contributed by atoms with Gasteiger partial charge in [-0.3, -0.25) is 9.59 Å². The molecule has 0 radical (unpaired) electrons. The van der Waals surface area contributed by atoms with Gasteiger partial charge in [-0.05, 0) is 36.2 Å². The van der Waals surface area contributed by atoms with Crippen LogP contribution in [-0.2, 0) is 17.1 Å². The third kappa shape index (κ3) is 4.88. The van der Waals surface area contributed by atoms with Crippen molar-refractivity contribution >= 4 is 29.3 Å². The van der Waals surface area contributed by atoms with Gasteiger partial charge in [0.15, 0.2) is 5.82 Å². The summed E-state index contributed by atoms with van der Waals surface area (Å²) in [6.45, 7) is 3.11. The standard InChI is InChI=1S/C22H22N4O3S/c1-15-23-20(25-29-15)14-30-19-9-3-2-8-18(19)22(28)24-17-7-4-6-16(12-17)13-26-11-5-10-21(26)27/h2-4,6-9,12H,5,10-11,13-14H2,1H3,(H,24,28). The van der Waals surface area contributed by atoms with Crippen LogP contribution in [0.15, 0.2) is 57.9 Å². The molecule has 4 rings (SSSR count). The maximum Gasteiger partial charge on any atom is 0.256 e. The number of anilines is 1. The van der Waals surface area contributed by atoms with Gasteiger partial charge in [0.2, 0.25) is 11.8 Å². The molecule has 2 amide bonds. The van der Waals surface area contributed by atoms with E-state index in [4.69, 9.17) is 4.52 Å². The highest BCUT2D eigenvalue weighted by Gasteiger charge is 2.20. The Bertz CT molecular complexity index is 1070. The van der Waals surface area contributed by atoms with Crippen LogP contribution in [0.5, 0.6) is 0 Å². The number of aromatic nitrogens is 2. The zero-order valence-electron chi connectivity index (χ0n) is 16.6. The number of carbonyl (C=O) groups excluding carboxylic acids is 2. The molecule has 1 aromatic heterocycles. The van der Waals surface area contributed by atoms with Crippen LogP contribution in [0.2, 0.25) is 0 Å². The molecule has 0 atom stereocenters. The second-order valence-electron chi connectivity index (χ2n) is 7.09. The second kappa shape index (κ2) is 9.13. The summed E-state index contributed by atoms with van der Waals surface area (Å²) in [5.41, 5.74) is 2.29. The number of aryl methyl sites for hydroxylation is 1. The number of thioether (sulfide) groups is 1. The van der Waals surface area contributed by atoms with E-state index in [2.05, 4.69) is 15.5 Å². The second-order valence-corrected chi connectivity index (χ2v) is 8.10. The van der Waals surface area contributed by atoms with Crippen LogP contribution in [0.4, 0.5) is 5.69 Å². The molecular formula is C22H22N4O3S.